The number of nitrogens with one attached hydrogen (secondary N) is 1. The molecule has 7 nitrogen and oxygen atoms in total. The minimum atomic E-state index is -0.991. The Hall–Kier alpha value is -1.79. The van der Waals surface area contributed by atoms with Crippen LogP contribution in [0.4, 0.5) is 4.79 Å². The Labute approximate surface area is 137 Å². The lowest BCUT2D eigenvalue weighted by Crippen LogP contribution is -2.50. The molecule has 3 amide bonds. The molecule has 2 saturated heterocycles. The Kier molecular flexibility index (Phi) is 5.49. The lowest BCUT2D eigenvalue weighted by Gasteiger charge is -2.35. The van der Waals surface area contributed by atoms with E-state index in [-0.39, 0.29) is 24.4 Å². The van der Waals surface area contributed by atoms with Gasteiger partial charge >= 0.3 is 12.0 Å². The number of hydrogen-bond acceptors (Lipinski definition) is 3. The number of aliphatic carboxylic acids is 1. The van der Waals surface area contributed by atoms with Crippen LogP contribution in [0.3, 0.4) is 0 Å². The van der Waals surface area contributed by atoms with E-state index in [2.05, 4.69) is 5.32 Å². The number of hydrogen-bond donors (Lipinski definition) is 2. The zero-order valence-corrected chi connectivity index (χ0v) is 14.0. The van der Waals surface area contributed by atoms with Crippen molar-refractivity contribution in [1.29, 1.82) is 0 Å². The molecule has 1 atom stereocenters. The van der Waals surface area contributed by atoms with E-state index in [0.717, 1.165) is 38.8 Å². The second kappa shape index (κ2) is 7.19. The van der Waals surface area contributed by atoms with Gasteiger partial charge in [0.2, 0.25) is 5.91 Å². The van der Waals surface area contributed by atoms with E-state index in [1.54, 1.807) is 18.7 Å². The Bertz CT molecular complexity index is 472. The van der Waals surface area contributed by atoms with Gasteiger partial charge in [-0.3, -0.25) is 9.59 Å². The van der Waals surface area contributed by atoms with Gasteiger partial charge in [-0.05, 0) is 39.5 Å². The van der Waals surface area contributed by atoms with Gasteiger partial charge in [0.1, 0.15) is 0 Å². The molecule has 2 fully saturated rings. The van der Waals surface area contributed by atoms with Crippen LogP contribution < -0.4 is 5.32 Å². The summed E-state index contributed by atoms with van der Waals surface area (Å²) in [4.78, 5) is 39.4. The van der Waals surface area contributed by atoms with Crippen molar-refractivity contribution >= 4 is 17.9 Å². The number of carboxylic acid groups (broad SMARTS) is 1. The quantitative estimate of drug-likeness (QED) is 0.811. The third-order valence-electron chi connectivity index (χ3n) is 4.72. The molecule has 2 aliphatic heterocycles. The highest BCUT2D eigenvalue weighted by molar-refractivity contribution is 5.82. The Balaban J connectivity index is 1.86. The summed E-state index contributed by atoms with van der Waals surface area (Å²) in [5.74, 6) is -1.34. The second-order valence-electron chi connectivity index (χ2n) is 7.17. The molecular weight excluding hydrogens is 298 g/mol. The molecule has 0 aromatic carbocycles. The number of likely N-dealkylation sites (tertiary alicyclic amines) is 2. The van der Waals surface area contributed by atoms with Crippen molar-refractivity contribution in [3.05, 3.63) is 0 Å². The average Bonchev–Trinajstić information content (AvgIpc) is 3.06. The molecule has 0 aliphatic carbocycles. The number of rotatable bonds is 4. The molecule has 2 rings (SSSR count). The lowest BCUT2D eigenvalue weighted by atomic mass is 9.92. The summed E-state index contributed by atoms with van der Waals surface area (Å²) in [5, 5.41) is 11.8. The number of nitrogens with zero attached hydrogens (tertiary/aromatic N) is 2. The molecule has 0 aromatic heterocycles. The van der Waals surface area contributed by atoms with Gasteiger partial charge in [0.25, 0.3) is 0 Å². The number of piperidine rings is 1. The monoisotopic (exact) mass is 325 g/mol. The maximum Gasteiger partial charge on any atom is 0.320 e. The summed E-state index contributed by atoms with van der Waals surface area (Å²) in [6.45, 7) is 5.99. The fourth-order valence-electron chi connectivity index (χ4n) is 3.00. The van der Waals surface area contributed by atoms with Gasteiger partial charge in [-0.2, -0.15) is 0 Å². The van der Waals surface area contributed by atoms with E-state index < -0.39 is 11.4 Å². The predicted molar refractivity (Wildman–Crippen MR) is 84.9 cm³/mol. The minimum absolute atomic E-state index is 0.0332. The average molecular weight is 325 g/mol. The normalized spacial score (nSPS) is 22.1. The summed E-state index contributed by atoms with van der Waals surface area (Å²) in [7, 11) is 0. The Morgan fingerprint density at radius 2 is 1.70 bits per heavy atom. The first kappa shape index (κ1) is 17.6. The topological polar surface area (TPSA) is 90.0 Å². The molecule has 0 spiro atoms. The number of carbonyl (C=O) groups excluding carboxylic acids is 2. The molecule has 0 radical (unpaired) electrons. The van der Waals surface area contributed by atoms with Gasteiger partial charge in [-0.15, -0.1) is 0 Å². The molecule has 0 saturated carbocycles. The maximum atomic E-state index is 12.4. The van der Waals surface area contributed by atoms with E-state index in [4.69, 9.17) is 5.11 Å². The zero-order chi connectivity index (χ0) is 17.0. The molecule has 2 N–H and O–H groups in total. The van der Waals surface area contributed by atoms with Crippen LogP contribution in [0.15, 0.2) is 0 Å². The third-order valence-corrected chi connectivity index (χ3v) is 4.72. The first-order valence-corrected chi connectivity index (χ1v) is 8.36. The van der Waals surface area contributed by atoms with Crippen LogP contribution in [0, 0.1) is 11.3 Å². The molecule has 23 heavy (non-hydrogen) atoms. The van der Waals surface area contributed by atoms with Gasteiger partial charge < -0.3 is 20.2 Å². The lowest BCUT2D eigenvalue weighted by molar-refractivity contribution is -0.146. The number of urea groups is 1. The summed E-state index contributed by atoms with van der Waals surface area (Å²) < 4.78 is 0. The van der Waals surface area contributed by atoms with Gasteiger partial charge in [0.05, 0.1) is 11.3 Å². The first-order valence-electron chi connectivity index (χ1n) is 8.36. The van der Waals surface area contributed by atoms with Gasteiger partial charge in [-0.25, -0.2) is 4.79 Å². The van der Waals surface area contributed by atoms with E-state index in [9.17, 15) is 14.4 Å². The van der Waals surface area contributed by atoms with Crippen molar-refractivity contribution in [2.24, 2.45) is 11.3 Å². The van der Waals surface area contributed by atoms with Crippen molar-refractivity contribution in [2.75, 3.05) is 32.7 Å². The maximum absolute atomic E-state index is 12.4. The Morgan fingerprint density at radius 1 is 1.09 bits per heavy atom. The van der Waals surface area contributed by atoms with Crippen LogP contribution in [0.25, 0.3) is 0 Å². The standard InChI is InChI=1S/C16H27N3O4/c1-16(2,14(21)22)11-17-13(20)12-6-5-9-19(10-12)15(23)18-7-3-4-8-18/h12H,3-11H2,1-2H3,(H,17,20)(H,21,22). The highest BCUT2D eigenvalue weighted by Crippen LogP contribution is 2.20. The van der Waals surface area contributed by atoms with Crippen molar-refractivity contribution in [3.63, 3.8) is 0 Å². The molecule has 7 heteroatoms. The molecular formula is C16H27N3O4. The molecule has 1 unspecified atom stereocenters. The van der Waals surface area contributed by atoms with Gasteiger partial charge in [-0.1, -0.05) is 0 Å². The van der Waals surface area contributed by atoms with E-state index in [1.165, 1.54) is 0 Å². The Morgan fingerprint density at radius 3 is 2.30 bits per heavy atom. The van der Waals surface area contributed by atoms with Crippen LogP contribution >= 0.6 is 0 Å². The number of carboxylic acids is 1. The predicted octanol–water partition coefficient (Wildman–Crippen LogP) is 1.14. The highest BCUT2D eigenvalue weighted by atomic mass is 16.4. The SMILES string of the molecule is CC(C)(CNC(=O)C1CCCN(C(=O)N2CCCC2)C1)C(=O)O. The van der Waals surface area contributed by atoms with Crippen molar-refractivity contribution in [2.45, 2.75) is 39.5 Å². The van der Waals surface area contributed by atoms with Gasteiger partial charge in [0, 0.05) is 32.7 Å². The molecule has 0 bridgehead atoms. The van der Waals surface area contributed by atoms with Crippen LogP contribution in [-0.4, -0.2) is 65.5 Å². The fourth-order valence-corrected chi connectivity index (χ4v) is 3.00. The molecule has 0 aromatic rings. The van der Waals surface area contributed by atoms with E-state index >= 15 is 0 Å². The first-order chi connectivity index (χ1) is 10.8. The van der Waals surface area contributed by atoms with Crippen molar-refractivity contribution in [3.8, 4) is 0 Å². The van der Waals surface area contributed by atoms with Crippen molar-refractivity contribution in [1.82, 2.24) is 15.1 Å². The van der Waals surface area contributed by atoms with Crippen LogP contribution in [-0.2, 0) is 9.59 Å². The van der Waals surface area contributed by atoms with E-state index in [1.807, 2.05) is 4.90 Å². The number of amides is 3. The zero-order valence-electron chi connectivity index (χ0n) is 14.0. The fraction of sp³-hybridized carbons (Fsp3) is 0.812. The van der Waals surface area contributed by atoms with Gasteiger partial charge in [0.15, 0.2) is 0 Å². The summed E-state index contributed by atoms with van der Waals surface area (Å²) in [6.07, 6.45) is 3.64. The van der Waals surface area contributed by atoms with Crippen molar-refractivity contribution < 1.29 is 19.5 Å². The smallest absolute Gasteiger partial charge is 0.320 e. The van der Waals surface area contributed by atoms with Crippen LogP contribution in [0.2, 0.25) is 0 Å². The largest absolute Gasteiger partial charge is 0.481 e. The summed E-state index contributed by atoms with van der Waals surface area (Å²) in [6, 6.07) is 0.0332. The highest BCUT2D eigenvalue weighted by Gasteiger charge is 2.33. The molecule has 130 valence electrons. The number of carbonyl (C=O) groups is 3. The van der Waals surface area contributed by atoms with Crippen LogP contribution in [0.5, 0.6) is 0 Å². The minimum Gasteiger partial charge on any atom is -0.481 e. The molecule has 2 aliphatic rings. The van der Waals surface area contributed by atoms with E-state index in [0.29, 0.717) is 13.1 Å². The third kappa shape index (κ3) is 4.36. The summed E-state index contributed by atoms with van der Waals surface area (Å²) in [5.41, 5.74) is -0.991. The second-order valence-corrected chi connectivity index (χ2v) is 7.17. The molecule has 2 heterocycles. The summed E-state index contributed by atoms with van der Waals surface area (Å²) >= 11 is 0. The van der Waals surface area contributed by atoms with Crippen LogP contribution in [0.1, 0.15) is 39.5 Å².